The average molecular weight is 919 g/mol. The largest absolute Gasteiger partial charge is 0.481 e. The maximum atomic E-state index is 13.8. The van der Waals surface area contributed by atoms with Gasteiger partial charge in [0.1, 0.15) is 36.3 Å². The smallest absolute Gasteiger partial charge is 0.326 e. The van der Waals surface area contributed by atoms with Crippen LogP contribution >= 0.6 is 0 Å². The van der Waals surface area contributed by atoms with Gasteiger partial charge in [-0.15, -0.1) is 0 Å². The predicted octanol–water partition coefficient (Wildman–Crippen LogP) is -5.49. The molecule has 0 rings (SSSR count). The summed E-state index contributed by atoms with van der Waals surface area (Å²) in [7, 11) is 0. The SMILES string of the molecule is N=C(N)NCCC[C@H](NC(=O)[C@H](CCC(=O)O)NC(=O)[C@@H](N)CCCCN)C(=O)N[C@@H](CC(=O)O)C(=O)N[C@@H](CCCCN)C(=O)N[C@@H](CC(=O)O)C(=O)N[C@@H](CCC(=O)O)C(=O)O. The first-order valence-corrected chi connectivity index (χ1v) is 20.2. The molecule has 7 atom stereocenters. The van der Waals surface area contributed by atoms with Crippen LogP contribution in [0.1, 0.15) is 89.9 Å². The van der Waals surface area contributed by atoms with Crippen LogP contribution in [-0.2, 0) is 52.7 Å². The highest BCUT2D eigenvalue weighted by Crippen LogP contribution is 2.09. The lowest BCUT2D eigenvalue weighted by molar-refractivity contribution is -0.144. The van der Waals surface area contributed by atoms with Gasteiger partial charge in [0.25, 0.3) is 0 Å². The van der Waals surface area contributed by atoms with Gasteiger partial charge in [-0.25, -0.2) is 4.79 Å². The molecule has 0 saturated heterocycles. The normalized spacial score (nSPS) is 14.0. The van der Waals surface area contributed by atoms with Gasteiger partial charge in [0.15, 0.2) is 5.96 Å². The Morgan fingerprint density at radius 2 is 0.781 bits per heavy atom. The van der Waals surface area contributed by atoms with Gasteiger partial charge >= 0.3 is 29.8 Å². The van der Waals surface area contributed by atoms with Crippen LogP contribution in [0.25, 0.3) is 0 Å². The maximum absolute atomic E-state index is 13.8. The van der Waals surface area contributed by atoms with Crippen molar-refractivity contribution in [3.63, 3.8) is 0 Å². The van der Waals surface area contributed by atoms with E-state index < -0.39 is 152 Å². The van der Waals surface area contributed by atoms with E-state index in [-0.39, 0.29) is 51.6 Å². The molecule has 0 unspecified atom stereocenters. The molecule has 0 aromatic carbocycles. The molecule has 0 bridgehead atoms. The number of nitrogens with one attached hydrogen (secondary N) is 8. The summed E-state index contributed by atoms with van der Waals surface area (Å²) in [6.07, 6.45) is -3.53. The van der Waals surface area contributed by atoms with Crippen molar-refractivity contribution < 1.29 is 78.3 Å². The van der Waals surface area contributed by atoms with E-state index in [4.69, 9.17) is 33.5 Å². The third-order valence-corrected chi connectivity index (χ3v) is 9.07. The Kier molecular flexibility index (Phi) is 27.9. The van der Waals surface area contributed by atoms with E-state index in [2.05, 4.69) is 31.9 Å². The predicted molar refractivity (Wildman–Crippen MR) is 220 cm³/mol. The van der Waals surface area contributed by atoms with E-state index in [0.29, 0.717) is 19.4 Å². The van der Waals surface area contributed by atoms with Crippen molar-refractivity contribution in [2.45, 2.75) is 132 Å². The summed E-state index contributed by atoms with van der Waals surface area (Å²) in [5.41, 5.74) is 22.3. The zero-order valence-electron chi connectivity index (χ0n) is 35.1. The molecule has 0 radical (unpaired) electrons. The van der Waals surface area contributed by atoms with Crippen molar-refractivity contribution in [2.75, 3.05) is 19.6 Å². The molecule has 0 aliphatic rings. The zero-order valence-corrected chi connectivity index (χ0v) is 35.1. The molecule has 28 nitrogen and oxygen atoms in total. The molecule has 0 aliphatic carbocycles. The van der Waals surface area contributed by atoms with Crippen LogP contribution < -0.4 is 60.2 Å². The third kappa shape index (κ3) is 25.3. The number of unbranched alkanes of at least 4 members (excludes halogenated alkanes) is 2. The van der Waals surface area contributed by atoms with E-state index in [9.17, 15) is 73.2 Å². The highest BCUT2D eigenvalue weighted by molar-refractivity contribution is 5.98. The van der Waals surface area contributed by atoms with E-state index in [1.54, 1.807) is 0 Å². The van der Waals surface area contributed by atoms with Crippen LogP contribution in [-0.4, -0.2) is 159 Å². The van der Waals surface area contributed by atoms with Crippen LogP contribution in [0.2, 0.25) is 0 Å². The number of guanidine groups is 1. The van der Waals surface area contributed by atoms with Gasteiger partial charge in [0, 0.05) is 19.4 Å². The minimum atomic E-state index is -1.98. The molecule has 0 aliphatic heterocycles. The monoisotopic (exact) mass is 918 g/mol. The Bertz CT molecular complexity index is 1650. The van der Waals surface area contributed by atoms with E-state index in [1.807, 2.05) is 5.32 Å². The van der Waals surface area contributed by atoms with Gasteiger partial charge in [-0.1, -0.05) is 6.42 Å². The van der Waals surface area contributed by atoms with E-state index in [0.717, 1.165) is 0 Å². The quantitative estimate of drug-likeness (QED) is 0.0160. The second-order valence-electron chi connectivity index (χ2n) is 14.4. The fourth-order valence-corrected chi connectivity index (χ4v) is 5.67. The third-order valence-electron chi connectivity index (χ3n) is 9.07. The zero-order chi connectivity index (χ0) is 48.9. The maximum Gasteiger partial charge on any atom is 0.326 e. The van der Waals surface area contributed by atoms with Crippen LogP contribution in [0.15, 0.2) is 0 Å². The minimum absolute atomic E-state index is 0.00710. The highest BCUT2D eigenvalue weighted by Gasteiger charge is 2.35. The van der Waals surface area contributed by atoms with Gasteiger partial charge in [-0.2, -0.15) is 0 Å². The van der Waals surface area contributed by atoms with Crippen LogP contribution in [0.5, 0.6) is 0 Å². The highest BCUT2D eigenvalue weighted by atomic mass is 16.4. The Morgan fingerprint density at radius 1 is 0.438 bits per heavy atom. The number of amides is 6. The average Bonchev–Trinajstić information content (AvgIpc) is 3.20. The Labute approximate surface area is 366 Å². The molecule has 64 heavy (non-hydrogen) atoms. The number of carbonyl (C=O) groups is 11. The lowest BCUT2D eigenvalue weighted by Crippen LogP contribution is -2.60. The first kappa shape index (κ1) is 57.3. The number of aliphatic carboxylic acids is 5. The van der Waals surface area contributed by atoms with Crippen LogP contribution in [0, 0.1) is 5.41 Å². The fourth-order valence-electron chi connectivity index (χ4n) is 5.67. The second-order valence-corrected chi connectivity index (χ2v) is 14.4. The van der Waals surface area contributed by atoms with Crippen molar-refractivity contribution >= 4 is 71.2 Å². The molecular weight excluding hydrogens is 856 g/mol. The molecule has 0 aromatic heterocycles. The molecule has 28 heteroatoms. The van der Waals surface area contributed by atoms with Gasteiger partial charge in [0.05, 0.1) is 18.9 Å². The molecule has 21 N–H and O–H groups in total. The van der Waals surface area contributed by atoms with Gasteiger partial charge in [0.2, 0.25) is 35.4 Å². The van der Waals surface area contributed by atoms with E-state index >= 15 is 0 Å². The van der Waals surface area contributed by atoms with Gasteiger partial charge in [-0.05, 0) is 70.9 Å². The number of nitrogens with two attached hydrogens (primary N) is 4. The number of hydrogen-bond donors (Lipinski definition) is 17. The number of carboxylic acids is 5. The van der Waals surface area contributed by atoms with Crippen molar-refractivity contribution in [3.05, 3.63) is 0 Å². The number of carboxylic acid groups (broad SMARTS) is 5. The van der Waals surface area contributed by atoms with Crippen molar-refractivity contribution in [1.82, 2.24) is 37.2 Å². The van der Waals surface area contributed by atoms with Gasteiger partial charge in [-0.3, -0.25) is 53.4 Å². The minimum Gasteiger partial charge on any atom is -0.481 e. The summed E-state index contributed by atoms with van der Waals surface area (Å²) in [4.78, 5) is 138. The van der Waals surface area contributed by atoms with Crippen molar-refractivity contribution in [3.8, 4) is 0 Å². The Hall–Kier alpha value is -6.68. The second kappa shape index (κ2) is 31.2. The van der Waals surface area contributed by atoms with E-state index in [1.165, 1.54) is 0 Å². The molecule has 6 amide bonds. The first-order chi connectivity index (χ1) is 30.0. The summed E-state index contributed by atoms with van der Waals surface area (Å²) in [5.74, 6) is -15.0. The van der Waals surface area contributed by atoms with Crippen LogP contribution in [0.3, 0.4) is 0 Å². The lowest BCUT2D eigenvalue weighted by Gasteiger charge is -2.27. The summed E-state index contributed by atoms with van der Waals surface area (Å²) in [6, 6.07) is -11.7. The standard InChI is InChI=1S/C36H62N12O16/c37-13-3-1-6-18(39)29(57)43-21(9-11-25(49)50)32(60)44-20(8-5-15-42-36(40)41)31(59)47-23(16-27(53)54)33(61)45-19(7-2-4-14-38)30(58)48-24(17-28(55)56)34(62)46-22(35(63)64)10-12-26(51)52/h18-24H,1-17,37-39H2,(H,43,57)(H,44,60)(H,45,61)(H,46,62)(H,47,59)(H,48,58)(H,49,50)(H,51,52)(H,53,54)(H,55,56)(H,63,64)(H4,40,41,42)/t18-,19-,20-,21-,22-,23-,24-/m0/s1. The summed E-state index contributed by atoms with van der Waals surface area (Å²) in [5, 5.41) is 69.8. The Morgan fingerprint density at radius 3 is 1.17 bits per heavy atom. The van der Waals surface area contributed by atoms with Crippen molar-refractivity contribution in [1.29, 1.82) is 5.41 Å². The molecule has 0 heterocycles. The number of carbonyl (C=O) groups excluding carboxylic acids is 6. The summed E-state index contributed by atoms with van der Waals surface area (Å²) < 4.78 is 0. The first-order valence-electron chi connectivity index (χ1n) is 20.2. The summed E-state index contributed by atoms with van der Waals surface area (Å²) in [6.45, 7) is 0.412. The topological polar surface area (TPSA) is 501 Å². The molecular formula is C36H62N12O16. The molecule has 362 valence electrons. The molecule has 0 aromatic rings. The van der Waals surface area contributed by atoms with Crippen LogP contribution in [0.4, 0.5) is 0 Å². The number of rotatable bonds is 35. The molecule has 0 saturated carbocycles. The van der Waals surface area contributed by atoms with Crippen molar-refractivity contribution in [2.24, 2.45) is 22.9 Å². The lowest BCUT2D eigenvalue weighted by atomic mass is 10.0. The molecule has 0 fully saturated rings. The summed E-state index contributed by atoms with van der Waals surface area (Å²) >= 11 is 0. The molecule has 0 spiro atoms. The Balaban J connectivity index is 6.60. The van der Waals surface area contributed by atoms with Gasteiger partial charge < -0.3 is 85.7 Å². The number of hydrogen-bond acceptors (Lipinski definition) is 15. The fraction of sp³-hybridized carbons (Fsp3) is 0.667.